The van der Waals surface area contributed by atoms with Gasteiger partial charge in [-0.2, -0.15) is 10.4 Å². The van der Waals surface area contributed by atoms with Crippen LogP contribution in [0.4, 0.5) is 0 Å². The summed E-state index contributed by atoms with van der Waals surface area (Å²) in [6.07, 6.45) is 3.03. The Morgan fingerprint density at radius 2 is 2.42 bits per heavy atom. The molecule has 0 atom stereocenters. The Morgan fingerprint density at radius 1 is 1.63 bits per heavy atom. The van der Waals surface area contributed by atoms with Gasteiger partial charge < -0.3 is 4.74 Å². The van der Waals surface area contributed by atoms with Crippen LogP contribution in [-0.4, -0.2) is 27.3 Å². The largest absolute Gasteiger partial charge is 0.462 e. The third kappa shape index (κ3) is 3.00. The van der Waals surface area contributed by atoms with Crippen LogP contribution in [0.2, 0.25) is 0 Å². The van der Waals surface area contributed by atoms with Crippen LogP contribution in [-0.2, 0) is 11.3 Å². The van der Waals surface area contributed by atoms with E-state index in [-0.39, 0.29) is 17.9 Å². The van der Waals surface area contributed by atoms with E-state index in [1.807, 2.05) is 6.07 Å². The molecular weight excluding hydrogens is 332 g/mol. The molecule has 19 heavy (non-hydrogen) atoms. The maximum atomic E-state index is 11.6. The number of esters is 1. The molecular formula is C11H9BrN4O2S. The normalized spacial score (nSPS) is 10.2. The summed E-state index contributed by atoms with van der Waals surface area (Å²) in [6.45, 7) is 2.31. The van der Waals surface area contributed by atoms with Crippen LogP contribution in [0.15, 0.2) is 16.2 Å². The van der Waals surface area contributed by atoms with Crippen LogP contribution < -0.4 is 0 Å². The van der Waals surface area contributed by atoms with Crippen LogP contribution in [0.3, 0.4) is 0 Å². The van der Waals surface area contributed by atoms with Gasteiger partial charge in [-0.3, -0.25) is 0 Å². The second-order valence-corrected chi connectivity index (χ2v) is 5.95. The van der Waals surface area contributed by atoms with E-state index in [0.29, 0.717) is 6.54 Å². The molecule has 0 aliphatic carbocycles. The van der Waals surface area contributed by atoms with Crippen molar-refractivity contribution < 1.29 is 9.53 Å². The van der Waals surface area contributed by atoms with E-state index in [0.717, 1.165) is 8.79 Å². The van der Waals surface area contributed by atoms with Crippen LogP contribution in [0.1, 0.15) is 28.0 Å². The van der Waals surface area contributed by atoms with E-state index >= 15 is 0 Å². The van der Waals surface area contributed by atoms with Crippen molar-refractivity contribution >= 4 is 33.2 Å². The molecule has 0 saturated carbocycles. The minimum atomic E-state index is -0.536. The summed E-state index contributed by atoms with van der Waals surface area (Å²) in [7, 11) is 0. The highest BCUT2D eigenvalue weighted by Gasteiger charge is 2.19. The predicted molar refractivity (Wildman–Crippen MR) is 71.8 cm³/mol. The summed E-state index contributed by atoms with van der Waals surface area (Å²) in [6, 6.07) is 1.98. The molecule has 2 heterocycles. The van der Waals surface area contributed by atoms with E-state index in [9.17, 15) is 4.79 Å². The molecule has 0 amide bonds. The maximum Gasteiger partial charge on any atom is 0.342 e. The first-order chi connectivity index (χ1) is 9.15. The summed E-state index contributed by atoms with van der Waals surface area (Å²) in [5.74, 6) is -0.536. The molecule has 0 saturated heterocycles. The zero-order valence-corrected chi connectivity index (χ0v) is 12.4. The number of nitrogens with zero attached hydrogens (tertiary/aromatic N) is 4. The van der Waals surface area contributed by atoms with Crippen LogP contribution in [0, 0.1) is 11.3 Å². The van der Waals surface area contributed by atoms with Crippen molar-refractivity contribution in [2.45, 2.75) is 13.5 Å². The van der Waals surface area contributed by atoms with Gasteiger partial charge in [-0.25, -0.2) is 14.5 Å². The van der Waals surface area contributed by atoms with Crippen molar-refractivity contribution in [1.29, 1.82) is 5.26 Å². The monoisotopic (exact) mass is 340 g/mol. The maximum absolute atomic E-state index is 11.6. The fraction of sp³-hybridized carbons (Fsp3) is 0.273. The minimum Gasteiger partial charge on any atom is -0.462 e. The molecule has 2 rings (SSSR count). The molecule has 0 aliphatic rings. The van der Waals surface area contributed by atoms with Crippen molar-refractivity contribution in [3.05, 3.63) is 32.4 Å². The Balaban J connectivity index is 2.27. The fourth-order valence-corrected chi connectivity index (χ4v) is 2.76. The molecule has 0 aliphatic heterocycles. The van der Waals surface area contributed by atoms with Gasteiger partial charge in [-0.05, 0) is 22.9 Å². The molecule has 2 aromatic heterocycles. The molecule has 0 bridgehead atoms. The first-order valence-electron chi connectivity index (χ1n) is 5.39. The highest BCUT2D eigenvalue weighted by Crippen LogP contribution is 2.20. The summed E-state index contributed by atoms with van der Waals surface area (Å²) < 4.78 is 7.22. The minimum absolute atomic E-state index is 0.181. The number of ether oxygens (including phenoxy) is 1. The second-order valence-electron chi connectivity index (χ2n) is 3.45. The third-order valence-electron chi connectivity index (χ3n) is 2.25. The van der Waals surface area contributed by atoms with Gasteiger partial charge in [-0.1, -0.05) is 0 Å². The smallest absolute Gasteiger partial charge is 0.342 e. The number of thiazole rings is 1. The average Bonchev–Trinajstić information content (AvgIpc) is 2.96. The van der Waals surface area contributed by atoms with Gasteiger partial charge in [0.1, 0.15) is 16.6 Å². The lowest BCUT2D eigenvalue weighted by atomic mass is 10.2. The van der Waals surface area contributed by atoms with Crippen LogP contribution in [0.5, 0.6) is 0 Å². The van der Waals surface area contributed by atoms with Gasteiger partial charge in [0.25, 0.3) is 0 Å². The molecule has 98 valence electrons. The zero-order chi connectivity index (χ0) is 13.8. The van der Waals surface area contributed by atoms with Gasteiger partial charge in [0, 0.05) is 0 Å². The van der Waals surface area contributed by atoms with E-state index < -0.39 is 5.97 Å². The number of halogens is 1. The van der Waals surface area contributed by atoms with Crippen molar-refractivity contribution in [3.8, 4) is 6.07 Å². The number of carbonyl (C=O) groups is 1. The van der Waals surface area contributed by atoms with Crippen LogP contribution >= 0.6 is 27.3 Å². The Morgan fingerprint density at radius 3 is 3.00 bits per heavy atom. The lowest BCUT2D eigenvalue weighted by Crippen LogP contribution is -2.09. The number of aromatic nitrogens is 3. The number of hydrogen-bond acceptors (Lipinski definition) is 6. The Labute approximate surface area is 121 Å². The molecule has 0 radical (unpaired) electrons. The molecule has 2 aromatic rings. The molecule has 0 spiro atoms. The van der Waals surface area contributed by atoms with Crippen molar-refractivity contribution in [2.75, 3.05) is 6.61 Å². The lowest BCUT2D eigenvalue weighted by Gasteiger charge is -2.01. The van der Waals surface area contributed by atoms with Gasteiger partial charge in [0.15, 0.2) is 5.69 Å². The summed E-state index contributed by atoms with van der Waals surface area (Å²) >= 11 is 4.77. The third-order valence-corrected chi connectivity index (χ3v) is 3.71. The van der Waals surface area contributed by atoms with Crippen molar-refractivity contribution in [2.24, 2.45) is 0 Å². The Bertz CT molecular complexity index is 643. The van der Waals surface area contributed by atoms with Gasteiger partial charge >= 0.3 is 5.97 Å². The summed E-state index contributed by atoms with van der Waals surface area (Å²) in [4.78, 5) is 15.8. The lowest BCUT2D eigenvalue weighted by molar-refractivity contribution is 0.0526. The highest BCUT2D eigenvalue weighted by atomic mass is 79.9. The summed E-state index contributed by atoms with van der Waals surface area (Å²) in [5.41, 5.74) is 0.366. The highest BCUT2D eigenvalue weighted by molar-refractivity contribution is 9.11. The summed E-state index contributed by atoms with van der Waals surface area (Å²) in [5, 5.41) is 14.0. The fourth-order valence-electron chi connectivity index (χ4n) is 1.47. The van der Waals surface area contributed by atoms with E-state index in [1.165, 1.54) is 22.2 Å². The van der Waals surface area contributed by atoms with Crippen molar-refractivity contribution in [3.63, 3.8) is 0 Å². The van der Waals surface area contributed by atoms with Crippen molar-refractivity contribution in [1.82, 2.24) is 14.8 Å². The van der Waals surface area contributed by atoms with Gasteiger partial charge in [0.2, 0.25) is 0 Å². The molecule has 0 N–H and O–H groups in total. The van der Waals surface area contributed by atoms with Gasteiger partial charge in [0.05, 0.1) is 29.3 Å². The number of rotatable bonds is 4. The van der Waals surface area contributed by atoms with E-state index in [1.54, 1.807) is 13.1 Å². The Kier molecular flexibility index (Phi) is 4.29. The van der Waals surface area contributed by atoms with E-state index in [2.05, 4.69) is 26.0 Å². The van der Waals surface area contributed by atoms with Crippen LogP contribution in [0.25, 0.3) is 0 Å². The molecule has 0 fully saturated rings. The molecule has 0 unspecified atom stereocenters. The molecule has 6 nitrogen and oxygen atoms in total. The Hall–Kier alpha value is -1.72. The second kappa shape index (κ2) is 5.95. The average molecular weight is 341 g/mol. The quantitative estimate of drug-likeness (QED) is 0.797. The number of carbonyl (C=O) groups excluding carboxylic acids is 1. The van der Waals surface area contributed by atoms with Gasteiger partial charge in [-0.15, -0.1) is 11.3 Å². The zero-order valence-electron chi connectivity index (χ0n) is 9.96. The topological polar surface area (TPSA) is 80.8 Å². The number of hydrogen-bond donors (Lipinski definition) is 0. The first-order valence-corrected chi connectivity index (χ1v) is 7.00. The number of nitriles is 1. The molecule has 0 aromatic carbocycles. The SMILES string of the molecule is CCOC(=O)c1cnn(Cc2ncc(Br)s2)c1C#N. The standard InChI is InChI=1S/C11H9BrN4O2S/c1-2-18-11(17)7-4-15-16(8(7)3-13)6-10-14-5-9(12)19-10/h4-5H,2,6H2,1H3. The first kappa shape index (κ1) is 13.7. The van der Waals surface area contributed by atoms with E-state index in [4.69, 9.17) is 10.00 Å². The predicted octanol–water partition coefficient (Wildman–Crippen LogP) is 2.20. The molecule has 8 heteroatoms.